The van der Waals surface area contributed by atoms with Crippen molar-refractivity contribution in [3.05, 3.63) is 0 Å². The number of hydrogen-bond donors (Lipinski definition) is 2. The molecule has 0 aromatic rings. The van der Waals surface area contributed by atoms with Crippen molar-refractivity contribution < 1.29 is 4.79 Å². The predicted octanol–water partition coefficient (Wildman–Crippen LogP) is 8.05. The van der Waals surface area contributed by atoms with Crippen molar-refractivity contribution in [3.63, 3.8) is 0 Å². The van der Waals surface area contributed by atoms with Gasteiger partial charge in [-0.25, -0.2) is 0 Å². The molecule has 0 aliphatic heterocycles. The van der Waals surface area contributed by atoms with Crippen LogP contribution in [0.15, 0.2) is 0 Å². The number of nitrogens with one attached hydrogen (secondary N) is 1. The summed E-state index contributed by atoms with van der Waals surface area (Å²) in [6, 6.07) is 0. The van der Waals surface area contributed by atoms with E-state index in [9.17, 15) is 4.79 Å². The van der Waals surface area contributed by atoms with Gasteiger partial charge in [-0.05, 0) is 25.8 Å². The number of hydrogen-bond acceptors (Lipinski definition) is 2. The maximum absolute atomic E-state index is 11.8. The average molecular weight is 425 g/mol. The van der Waals surface area contributed by atoms with Crippen molar-refractivity contribution in [1.29, 1.82) is 0 Å². The average Bonchev–Trinajstić information content (AvgIpc) is 2.75. The van der Waals surface area contributed by atoms with Gasteiger partial charge in [0.25, 0.3) is 0 Å². The summed E-state index contributed by atoms with van der Waals surface area (Å²) in [5.41, 5.74) is 5.49. The molecule has 0 bridgehead atoms. The van der Waals surface area contributed by atoms with Crippen LogP contribution in [0.1, 0.15) is 155 Å². The summed E-state index contributed by atoms with van der Waals surface area (Å²) in [6.07, 6.45) is 30.1. The Morgan fingerprint density at radius 3 is 1.33 bits per heavy atom. The highest BCUT2D eigenvalue weighted by atomic mass is 16.1. The standard InChI is InChI=1S/C27H56N2O/c1-2-3-4-5-6-7-8-9-10-11-12-13-14-17-20-23-26-29-27(30)24-21-18-15-16-19-22-25-28/h2-26,28H2,1H3,(H,29,30). The predicted molar refractivity (Wildman–Crippen MR) is 134 cm³/mol. The lowest BCUT2D eigenvalue weighted by Crippen LogP contribution is -2.23. The van der Waals surface area contributed by atoms with E-state index in [1.165, 1.54) is 122 Å². The molecule has 0 heterocycles. The van der Waals surface area contributed by atoms with Gasteiger partial charge in [-0.15, -0.1) is 0 Å². The van der Waals surface area contributed by atoms with Crippen molar-refractivity contribution >= 4 is 5.91 Å². The molecule has 0 aliphatic carbocycles. The van der Waals surface area contributed by atoms with Crippen LogP contribution in [0.5, 0.6) is 0 Å². The van der Waals surface area contributed by atoms with Gasteiger partial charge in [-0.1, -0.05) is 129 Å². The molecule has 0 spiro atoms. The number of unbranched alkanes of at least 4 members (excludes halogenated alkanes) is 20. The fraction of sp³-hybridized carbons (Fsp3) is 0.963. The van der Waals surface area contributed by atoms with Gasteiger partial charge in [0.1, 0.15) is 0 Å². The Morgan fingerprint density at radius 1 is 0.533 bits per heavy atom. The summed E-state index contributed by atoms with van der Waals surface area (Å²) in [5.74, 6) is 0.248. The molecular weight excluding hydrogens is 368 g/mol. The zero-order valence-corrected chi connectivity index (χ0v) is 20.7. The van der Waals surface area contributed by atoms with Gasteiger partial charge in [0.05, 0.1) is 0 Å². The van der Waals surface area contributed by atoms with Crippen molar-refractivity contribution in [2.24, 2.45) is 5.73 Å². The highest BCUT2D eigenvalue weighted by Gasteiger charge is 2.00. The first-order valence-corrected chi connectivity index (χ1v) is 13.8. The maximum Gasteiger partial charge on any atom is 0.219 e. The Morgan fingerprint density at radius 2 is 0.900 bits per heavy atom. The molecule has 0 unspecified atom stereocenters. The minimum absolute atomic E-state index is 0.248. The van der Waals surface area contributed by atoms with E-state index in [0.717, 1.165) is 32.4 Å². The zero-order valence-electron chi connectivity index (χ0n) is 20.7. The highest BCUT2D eigenvalue weighted by Crippen LogP contribution is 2.13. The topological polar surface area (TPSA) is 55.1 Å². The third-order valence-corrected chi connectivity index (χ3v) is 6.21. The van der Waals surface area contributed by atoms with Gasteiger partial charge >= 0.3 is 0 Å². The van der Waals surface area contributed by atoms with E-state index in [4.69, 9.17) is 5.73 Å². The summed E-state index contributed by atoms with van der Waals surface area (Å²) in [6.45, 7) is 3.96. The Bertz CT molecular complexity index is 333. The minimum atomic E-state index is 0.248. The van der Waals surface area contributed by atoms with E-state index in [1.54, 1.807) is 0 Å². The van der Waals surface area contributed by atoms with Gasteiger partial charge < -0.3 is 11.1 Å². The van der Waals surface area contributed by atoms with E-state index in [1.807, 2.05) is 0 Å². The molecule has 0 atom stereocenters. The van der Waals surface area contributed by atoms with Gasteiger partial charge in [0, 0.05) is 13.0 Å². The molecule has 3 nitrogen and oxygen atoms in total. The molecule has 180 valence electrons. The number of amides is 1. The SMILES string of the molecule is CCCCCCCCCCCCCCCCCCNC(=O)CCCCCCCCN. The first-order chi connectivity index (χ1) is 14.8. The molecule has 3 N–H and O–H groups in total. The van der Waals surface area contributed by atoms with Gasteiger partial charge in [0.2, 0.25) is 5.91 Å². The minimum Gasteiger partial charge on any atom is -0.356 e. The lowest BCUT2D eigenvalue weighted by Gasteiger charge is -2.06. The Hall–Kier alpha value is -0.570. The van der Waals surface area contributed by atoms with Gasteiger partial charge in [-0.3, -0.25) is 4.79 Å². The van der Waals surface area contributed by atoms with E-state index >= 15 is 0 Å². The van der Waals surface area contributed by atoms with E-state index < -0.39 is 0 Å². The van der Waals surface area contributed by atoms with Crippen molar-refractivity contribution in [2.45, 2.75) is 155 Å². The Labute approximate surface area is 189 Å². The quantitative estimate of drug-likeness (QED) is 0.146. The molecule has 0 saturated heterocycles. The van der Waals surface area contributed by atoms with Crippen molar-refractivity contribution in [1.82, 2.24) is 5.32 Å². The van der Waals surface area contributed by atoms with Gasteiger partial charge in [-0.2, -0.15) is 0 Å². The summed E-state index contributed by atoms with van der Waals surface area (Å²) >= 11 is 0. The van der Waals surface area contributed by atoms with E-state index in [0.29, 0.717) is 6.42 Å². The number of rotatable bonds is 25. The summed E-state index contributed by atoms with van der Waals surface area (Å²) in [4.78, 5) is 11.8. The van der Waals surface area contributed by atoms with Crippen LogP contribution in [0.4, 0.5) is 0 Å². The van der Waals surface area contributed by atoms with Crippen LogP contribution in [0.25, 0.3) is 0 Å². The molecule has 0 aliphatic rings. The molecule has 0 fully saturated rings. The number of nitrogens with two attached hydrogens (primary N) is 1. The van der Waals surface area contributed by atoms with Crippen LogP contribution in [-0.4, -0.2) is 19.0 Å². The van der Waals surface area contributed by atoms with Crippen molar-refractivity contribution in [2.75, 3.05) is 13.1 Å². The molecular formula is C27H56N2O. The van der Waals surface area contributed by atoms with E-state index in [-0.39, 0.29) is 5.91 Å². The lowest BCUT2D eigenvalue weighted by molar-refractivity contribution is -0.121. The van der Waals surface area contributed by atoms with Crippen LogP contribution in [0.3, 0.4) is 0 Å². The molecule has 0 radical (unpaired) electrons. The molecule has 1 amide bonds. The zero-order chi connectivity index (χ0) is 22.0. The van der Waals surface area contributed by atoms with Gasteiger partial charge in [0.15, 0.2) is 0 Å². The van der Waals surface area contributed by atoms with Crippen LogP contribution < -0.4 is 11.1 Å². The van der Waals surface area contributed by atoms with Crippen molar-refractivity contribution in [3.8, 4) is 0 Å². The van der Waals surface area contributed by atoms with E-state index in [2.05, 4.69) is 12.2 Å². The summed E-state index contributed by atoms with van der Waals surface area (Å²) < 4.78 is 0. The fourth-order valence-corrected chi connectivity index (χ4v) is 4.13. The molecule has 0 rings (SSSR count). The summed E-state index contributed by atoms with van der Waals surface area (Å²) in [5, 5.41) is 3.09. The molecule has 3 heteroatoms. The third-order valence-electron chi connectivity index (χ3n) is 6.21. The Kier molecular flexibility index (Phi) is 26.0. The van der Waals surface area contributed by atoms with Crippen LogP contribution in [-0.2, 0) is 4.79 Å². The first-order valence-electron chi connectivity index (χ1n) is 13.8. The fourth-order valence-electron chi connectivity index (χ4n) is 4.13. The second kappa shape index (κ2) is 26.5. The second-order valence-electron chi connectivity index (χ2n) is 9.31. The normalized spacial score (nSPS) is 11.1. The molecule has 0 aromatic carbocycles. The summed E-state index contributed by atoms with van der Waals surface area (Å²) in [7, 11) is 0. The second-order valence-corrected chi connectivity index (χ2v) is 9.31. The number of carbonyl (C=O) groups excluding carboxylic acids is 1. The molecule has 0 saturated carbocycles. The molecule has 30 heavy (non-hydrogen) atoms. The third kappa shape index (κ3) is 25.5. The highest BCUT2D eigenvalue weighted by molar-refractivity contribution is 5.75. The Balaban J connectivity index is 3.11. The number of carbonyl (C=O) groups is 1. The first kappa shape index (κ1) is 29.4. The molecule has 0 aromatic heterocycles. The van der Waals surface area contributed by atoms with Crippen LogP contribution >= 0.6 is 0 Å². The van der Waals surface area contributed by atoms with Crippen LogP contribution in [0, 0.1) is 0 Å². The maximum atomic E-state index is 11.8. The lowest BCUT2D eigenvalue weighted by atomic mass is 10.0. The largest absolute Gasteiger partial charge is 0.356 e. The van der Waals surface area contributed by atoms with Crippen LogP contribution in [0.2, 0.25) is 0 Å². The monoisotopic (exact) mass is 424 g/mol. The smallest absolute Gasteiger partial charge is 0.219 e.